The van der Waals surface area contributed by atoms with Crippen molar-refractivity contribution in [2.45, 2.75) is 44.7 Å². The maximum absolute atomic E-state index is 5.58. The van der Waals surface area contributed by atoms with Gasteiger partial charge < -0.3 is 4.90 Å². The van der Waals surface area contributed by atoms with E-state index in [-0.39, 0.29) is 5.54 Å². The summed E-state index contributed by atoms with van der Waals surface area (Å²) in [4.78, 5) is 4.78. The van der Waals surface area contributed by atoms with Gasteiger partial charge in [-0.15, -0.1) is 6.42 Å². The number of nitrogens with zero attached hydrogens (tertiary/aromatic N) is 2. The fourth-order valence-corrected chi connectivity index (χ4v) is 2.25. The Labute approximate surface area is 94.6 Å². The lowest BCUT2D eigenvalue weighted by Crippen LogP contribution is -2.43. The van der Waals surface area contributed by atoms with Crippen molar-refractivity contribution < 1.29 is 0 Å². The van der Waals surface area contributed by atoms with E-state index in [1.54, 1.807) is 0 Å². The van der Waals surface area contributed by atoms with Crippen LogP contribution in [0.25, 0.3) is 0 Å². The van der Waals surface area contributed by atoms with Crippen molar-refractivity contribution in [2.75, 3.05) is 27.2 Å². The van der Waals surface area contributed by atoms with Crippen molar-refractivity contribution >= 4 is 0 Å². The highest BCUT2D eigenvalue weighted by molar-refractivity contribution is 5.08. The molecule has 1 rings (SSSR count). The lowest BCUT2D eigenvalue weighted by Gasteiger charge is -2.33. The second-order valence-electron chi connectivity index (χ2n) is 5.24. The van der Waals surface area contributed by atoms with E-state index in [0.717, 1.165) is 19.1 Å². The predicted octanol–water partition coefficient (Wildman–Crippen LogP) is 1.81. The van der Waals surface area contributed by atoms with Crippen molar-refractivity contribution in [3.05, 3.63) is 0 Å². The Bertz CT molecular complexity index is 237. The fraction of sp³-hybridized carbons (Fsp3) is 0.846. The van der Waals surface area contributed by atoms with Crippen molar-refractivity contribution in [1.29, 1.82) is 0 Å². The third-order valence-corrected chi connectivity index (χ3v) is 3.57. The van der Waals surface area contributed by atoms with E-state index < -0.39 is 0 Å². The zero-order valence-corrected chi connectivity index (χ0v) is 10.6. The molecule has 1 atom stereocenters. The van der Waals surface area contributed by atoms with Crippen LogP contribution in [0.5, 0.6) is 0 Å². The molecule has 1 heterocycles. The summed E-state index contributed by atoms with van der Waals surface area (Å²) >= 11 is 0. The van der Waals surface area contributed by atoms with Gasteiger partial charge in [-0.2, -0.15) is 0 Å². The molecule has 0 N–H and O–H groups in total. The maximum atomic E-state index is 5.58. The first-order valence-corrected chi connectivity index (χ1v) is 5.86. The van der Waals surface area contributed by atoms with Crippen molar-refractivity contribution in [1.82, 2.24) is 9.80 Å². The summed E-state index contributed by atoms with van der Waals surface area (Å²) in [6.07, 6.45) is 9.37. The van der Waals surface area contributed by atoms with E-state index in [1.807, 2.05) is 0 Å². The average molecular weight is 208 g/mol. The third kappa shape index (κ3) is 3.22. The van der Waals surface area contributed by atoms with E-state index in [2.05, 4.69) is 43.7 Å². The van der Waals surface area contributed by atoms with Crippen LogP contribution in [0.2, 0.25) is 0 Å². The molecule has 0 bridgehead atoms. The van der Waals surface area contributed by atoms with E-state index >= 15 is 0 Å². The summed E-state index contributed by atoms with van der Waals surface area (Å²) in [5, 5.41) is 0. The van der Waals surface area contributed by atoms with Gasteiger partial charge in [0.1, 0.15) is 0 Å². The molecule has 0 radical (unpaired) electrons. The van der Waals surface area contributed by atoms with Crippen LogP contribution >= 0.6 is 0 Å². The van der Waals surface area contributed by atoms with Crippen LogP contribution in [-0.2, 0) is 0 Å². The second kappa shape index (κ2) is 5.01. The second-order valence-corrected chi connectivity index (χ2v) is 5.24. The fourth-order valence-electron chi connectivity index (χ4n) is 2.25. The van der Waals surface area contributed by atoms with E-state index in [0.29, 0.717) is 0 Å². The Balaban J connectivity index is 2.57. The first kappa shape index (κ1) is 12.5. The van der Waals surface area contributed by atoms with Crippen molar-refractivity contribution in [3.8, 4) is 12.3 Å². The highest BCUT2D eigenvalue weighted by Crippen LogP contribution is 2.21. The van der Waals surface area contributed by atoms with Crippen LogP contribution in [0.1, 0.15) is 33.1 Å². The average Bonchev–Trinajstić information content (AvgIpc) is 2.43. The maximum Gasteiger partial charge on any atom is 0.0766 e. The zero-order chi connectivity index (χ0) is 11.5. The topological polar surface area (TPSA) is 6.48 Å². The van der Waals surface area contributed by atoms with Gasteiger partial charge in [-0.1, -0.05) is 5.92 Å². The molecule has 1 saturated heterocycles. The molecule has 1 unspecified atom stereocenters. The molecule has 15 heavy (non-hydrogen) atoms. The predicted molar refractivity (Wildman–Crippen MR) is 65.8 cm³/mol. The normalized spacial score (nSPS) is 24.9. The Hall–Kier alpha value is -0.520. The highest BCUT2D eigenvalue weighted by atomic mass is 15.2. The number of terminal acetylenes is 1. The molecule has 0 aliphatic carbocycles. The molecular weight excluding hydrogens is 184 g/mol. The van der Waals surface area contributed by atoms with Gasteiger partial charge in [0.15, 0.2) is 0 Å². The summed E-state index contributed by atoms with van der Waals surface area (Å²) in [6.45, 7) is 6.55. The van der Waals surface area contributed by atoms with Crippen molar-refractivity contribution in [2.24, 2.45) is 0 Å². The Morgan fingerprint density at radius 1 is 1.27 bits per heavy atom. The zero-order valence-electron chi connectivity index (χ0n) is 10.6. The quantitative estimate of drug-likeness (QED) is 0.639. The van der Waals surface area contributed by atoms with Crippen LogP contribution in [0, 0.1) is 12.3 Å². The molecule has 1 aliphatic heterocycles. The van der Waals surface area contributed by atoms with Gasteiger partial charge in [-0.25, -0.2) is 0 Å². The van der Waals surface area contributed by atoms with Crippen LogP contribution in [-0.4, -0.2) is 48.6 Å². The molecule has 0 saturated carbocycles. The van der Waals surface area contributed by atoms with Gasteiger partial charge in [0.25, 0.3) is 0 Å². The summed E-state index contributed by atoms with van der Waals surface area (Å²) < 4.78 is 0. The number of hydrogen-bond donors (Lipinski definition) is 0. The molecule has 86 valence electrons. The Morgan fingerprint density at radius 3 is 2.47 bits per heavy atom. The van der Waals surface area contributed by atoms with Crippen LogP contribution in [0.3, 0.4) is 0 Å². The van der Waals surface area contributed by atoms with Gasteiger partial charge in [-0.3, -0.25) is 4.90 Å². The van der Waals surface area contributed by atoms with Crippen LogP contribution in [0.4, 0.5) is 0 Å². The molecular formula is C13H24N2. The van der Waals surface area contributed by atoms with Gasteiger partial charge in [0.2, 0.25) is 0 Å². The minimum Gasteiger partial charge on any atom is -0.306 e. The summed E-state index contributed by atoms with van der Waals surface area (Å²) in [5.74, 6) is 2.90. The van der Waals surface area contributed by atoms with E-state index in [9.17, 15) is 0 Å². The minimum absolute atomic E-state index is 0.0821. The van der Waals surface area contributed by atoms with Crippen molar-refractivity contribution in [3.63, 3.8) is 0 Å². The molecule has 1 aliphatic rings. The standard InChI is InChI=1S/C13H24N2/c1-6-13(2,3)15-10-7-8-12(9-11-15)14(4)5/h1,12H,7-11H2,2-5H3. The molecule has 0 aromatic carbocycles. The third-order valence-electron chi connectivity index (χ3n) is 3.57. The number of hydrogen-bond acceptors (Lipinski definition) is 2. The lowest BCUT2D eigenvalue weighted by molar-refractivity contribution is 0.170. The summed E-state index contributed by atoms with van der Waals surface area (Å²) in [5.41, 5.74) is -0.0821. The van der Waals surface area contributed by atoms with Gasteiger partial charge in [0, 0.05) is 12.6 Å². The van der Waals surface area contributed by atoms with E-state index in [1.165, 1.54) is 19.3 Å². The largest absolute Gasteiger partial charge is 0.306 e. The number of likely N-dealkylation sites (tertiary alicyclic amines) is 1. The van der Waals surface area contributed by atoms with Gasteiger partial charge in [-0.05, 0) is 53.8 Å². The molecule has 0 amide bonds. The lowest BCUT2D eigenvalue weighted by atomic mass is 10.0. The number of rotatable bonds is 2. The Morgan fingerprint density at radius 2 is 1.93 bits per heavy atom. The first-order chi connectivity index (χ1) is 6.97. The van der Waals surface area contributed by atoms with Crippen LogP contribution < -0.4 is 0 Å². The Kier molecular flexibility index (Phi) is 4.19. The monoisotopic (exact) mass is 208 g/mol. The SMILES string of the molecule is C#CC(C)(C)N1CCCC(N(C)C)CC1. The smallest absolute Gasteiger partial charge is 0.0766 e. The molecule has 2 heteroatoms. The van der Waals surface area contributed by atoms with Crippen LogP contribution in [0.15, 0.2) is 0 Å². The highest BCUT2D eigenvalue weighted by Gasteiger charge is 2.27. The van der Waals surface area contributed by atoms with Gasteiger partial charge >= 0.3 is 0 Å². The molecule has 0 aromatic rings. The van der Waals surface area contributed by atoms with Gasteiger partial charge in [0.05, 0.1) is 5.54 Å². The molecule has 1 fully saturated rings. The van der Waals surface area contributed by atoms with E-state index in [4.69, 9.17) is 6.42 Å². The summed E-state index contributed by atoms with van der Waals surface area (Å²) in [7, 11) is 4.35. The summed E-state index contributed by atoms with van der Waals surface area (Å²) in [6, 6.07) is 0.726. The first-order valence-electron chi connectivity index (χ1n) is 5.86. The molecule has 0 spiro atoms. The molecule has 2 nitrogen and oxygen atoms in total. The minimum atomic E-state index is -0.0821. The molecule has 0 aromatic heterocycles.